The van der Waals surface area contributed by atoms with Crippen LogP contribution in [-0.2, 0) is 4.74 Å². The minimum atomic E-state index is -0.0428. The lowest BCUT2D eigenvalue weighted by Gasteiger charge is -2.17. The highest BCUT2D eigenvalue weighted by Crippen LogP contribution is 2.10. The first-order valence-electron chi connectivity index (χ1n) is 3.69. The average Bonchev–Trinajstić information content (AvgIpc) is 1.98. The molecular weight excluding hydrogens is 162 g/mol. The highest BCUT2D eigenvalue weighted by molar-refractivity contribution is 6.18. The zero-order chi connectivity index (χ0) is 8.85. The molecule has 0 aliphatic rings. The van der Waals surface area contributed by atoms with E-state index in [0.29, 0.717) is 11.8 Å². The summed E-state index contributed by atoms with van der Waals surface area (Å²) in [7, 11) is 1.61. The van der Waals surface area contributed by atoms with Crippen LogP contribution in [0.2, 0.25) is 0 Å². The molecule has 0 aliphatic carbocycles. The SMILES string of the molecule is CO/C(=C\CCl)[C@H](N)C(C)C. The van der Waals surface area contributed by atoms with Crippen molar-refractivity contribution in [3.05, 3.63) is 11.8 Å². The average molecular weight is 178 g/mol. The Morgan fingerprint density at radius 2 is 2.18 bits per heavy atom. The molecule has 1 atom stereocenters. The molecule has 0 rings (SSSR count). The minimum Gasteiger partial charge on any atom is -0.500 e. The molecule has 11 heavy (non-hydrogen) atoms. The maximum Gasteiger partial charge on any atom is 0.110 e. The molecule has 0 radical (unpaired) electrons. The summed E-state index contributed by atoms with van der Waals surface area (Å²) in [5, 5.41) is 0. The Morgan fingerprint density at radius 3 is 2.45 bits per heavy atom. The quantitative estimate of drug-likeness (QED) is 0.525. The van der Waals surface area contributed by atoms with Crippen molar-refractivity contribution in [3.8, 4) is 0 Å². The van der Waals surface area contributed by atoms with Crippen LogP contribution in [0.15, 0.2) is 11.8 Å². The number of allylic oxidation sites excluding steroid dienone is 1. The maximum atomic E-state index is 5.81. The van der Waals surface area contributed by atoms with Gasteiger partial charge in [-0.05, 0) is 12.0 Å². The second kappa shape index (κ2) is 5.44. The smallest absolute Gasteiger partial charge is 0.110 e. The number of methoxy groups -OCH3 is 1. The molecule has 66 valence electrons. The fraction of sp³-hybridized carbons (Fsp3) is 0.750. The van der Waals surface area contributed by atoms with Gasteiger partial charge in [0.2, 0.25) is 0 Å². The summed E-state index contributed by atoms with van der Waals surface area (Å²) in [5.74, 6) is 1.60. The van der Waals surface area contributed by atoms with Gasteiger partial charge < -0.3 is 10.5 Å². The highest BCUT2D eigenvalue weighted by atomic mass is 35.5. The molecule has 0 aromatic carbocycles. The minimum absolute atomic E-state index is 0.0428. The van der Waals surface area contributed by atoms with E-state index >= 15 is 0 Å². The fourth-order valence-corrected chi connectivity index (χ4v) is 0.912. The summed E-state index contributed by atoms with van der Waals surface area (Å²) in [6.07, 6.45) is 1.80. The van der Waals surface area contributed by atoms with Gasteiger partial charge in [-0.2, -0.15) is 0 Å². The molecule has 0 aromatic rings. The standard InChI is InChI=1S/C8H16ClNO/c1-6(2)8(10)7(11-3)4-5-9/h4,6,8H,5,10H2,1-3H3/b7-4-/t8-/m1/s1. The molecule has 2 N–H and O–H groups in total. The summed E-state index contributed by atoms with van der Waals surface area (Å²) >= 11 is 5.51. The van der Waals surface area contributed by atoms with E-state index in [1.54, 1.807) is 13.2 Å². The van der Waals surface area contributed by atoms with E-state index in [2.05, 4.69) is 0 Å². The van der Waals surface area contributed by atoms with E-state index in [0.717, 1.165) is 5.76 Å². The predicted octanol–water partition coefficient (Wildman–Crippen LogP) is 1.74. The molecule has 0 fully saturated rings. The lowest BCUT2D eigenvalue weighted by atomic mass is 10.0. The van der Waals surface area contributed by atoms with Crippen LogP contribution in [0.5, 0.6) is 0 Å². The fourth-order valence-electron chi connectivity index (χ4n) is 0.760. The Hall–Kier alpha value is -0.210. The molecule has 0 heterocycles. The highest BCUT2D eigenvalue weighted by Gasteiger charge is 2.12. The van der Waals surface area contributed by atoms with Crippen LogP contribution in [-0.4, -0.2) is 19.0 Å². The molecule has 0 aliphatic heterocycles. The van der Waals surface area contributed by atoms with Gasteiger partial charge in [0.15, 0.2) is 0 Å². The van der Waals surface area contributed by atoms with E-state index < -0.39 is 0 Å². The third kappa shape index (κ3) is 3.63. The number of rotatable bonds is 4. The summed E-state index contributed by atoms with van der Waals surface area (Å²) in [6.45, 7) is 4.09. The van der Waals surface area contributed by atoms with Crippen molar-refractivity contribution >= 4 is 11.6 Å². The topological polar surface area (TPSA) is 35.2 Å². The Balaban J connectivity index is 4.13. The van der Waals surface area contributed by atoms with Crippen molar-refractivity contribution in [2.24, 2.45) is 11.7 Å². The second-order valence-electron chi connectivity index (χ2n) is 2.73. The number of hydrogen-bond acceptors (Lipinski definition) is 2. The number of halogens is 1. The Kier molecular flexibility index (Phi) is 5.34. The van der Waals surface area contributed by atoms with E-state index in [1.165, 1.54) is 0 Å². The van der Waals surface area contributed by atoms with Gasteiger partial charge in [0.25, 0.3) is 0 Å². The van der Waals surface area contributed by atoms with Crippen molar-refractivity contribution in [2.75, 3.05) is 13.0 Å². The maximum absolute atomic E-state index is 5.81. The van der Waals surface area contributed by atoms with E-state index in [1.807, 2.05) is 13.8 Å². The molecule has 0 unspecified atom stereocenters. The van der Waals surface area contributed by atoms with Gasteiger partial charge in [-0.1, -0.05) is 13.8 Å². The first-order valence-corrected chi connectivity index (χ1v) is 4.22. The van der Waals surface area contributed by atoms with Crippen molar-refractivity contribution < 1.29 is 4.74 Å². The van der Waals surface area contributed by atoms with Crippen molar-refractivity contribution in [3.63, 3.8) is 0 Å². The van der Waals surface area contributed by atoms with Crippen LogP contribution >= 0.6 is 11.6 Å². The number of ether oxygens (including phenoxy) is 1. The molecule has 0 bridgehead atoms. The summed E-state index contributed by atoms with van der Waals surface area (Å²) in [4.78, 5) is 0. The van der Waals surface area contributed by atoms with Crippen LogP contribution in [0.1, 0.15) is 13.8 Å². The molecule has 0 saturated carbocycles. The molecule has 0 spiro atoms. The van der Waals surface area contributed by atoms with E-state index in [9.17, 15) is 0 Å². The second-order valence-corrected chi connectivity index (χ2v) is 3.04. The lowest BCUT2D eigenvalue weighted by molar-refractivity contribution is 0.247. The number of nitrogens with two attached hydrogens (primary N) is 1. The number of alkyl halides is 1. The van der Waals surface area contributed by atoms with Crippen LogP contribution in [0.4, 0.5) is 0 Å². The Bertz CT molecular complexity index is 134. The van der Waals surface area contributed by atoms with Crippen LogP contribution < -0.4 is 5.73 Å². The van der Waals surface area contributed by atoms with Crippen molar-refractivity contribution in [2.45, 2.75) is 19.9 Å². The molecule has 0 aromatic heterocycles. The molecule has 3 heteroatoms. The van der Waals surface area contributed by atoms with Crippen LogP contribution in [0.25, 0.3) is 0 Å². The van der Waals surface area contributed by atoms with Gasteiger partial charge in [0, 0.05) is 5.88 Å². The lowest BCUT2D eigenvalue weighted by Crippen LogP contribution is -2.29. The summed E-state index contributed by atoms with van der Waals surface area (Å²) in [5.41, 5.74) is 5.81. The van der Waals surface area contributed by atoms with Gasteiger partial charge in [0.1, 0.15) is 5.76 Å². The summed E-state index contributed by atoms with van der Waals surface area (Å²) < 4.78 is 5.07. The molecule has 2 nitrogen and oxygen atoms in total. The first-order chi connectivity index (χ1) is 5.13. The van der Waals surface area contributed by atoms with Crippen LogP contribution in [0.3, 0.4) is 0 Å². The zero-order valence-electron chi connectivity index (χ0n) is 7.30. The predicted molar refractivity (Wildman–Crippen MR) is 48.6 cm³/mol. The third-order valence-electron chi connectivity index (χ3n) is 1.56. The molecular formula is C8H16ClNO. The van der Waals surface area contributed by atoms with Crippen molar-refractivity contribution in [1.29, 1.82) is 0 Å². The van der Waals surface area contributed by atoms with Gasteiger partial charge in [-0.3, -0.25) is 0 Å². The molecule has 0 amide bonds. The molecule has 0 saturated heterocycles. The van der Waals surface area contributed by atoms with Gasteiger partial charge in [-0.25, -0.2) is 0 Å². The van der Waals surface area contributed by atoms with Gasteiger partial charge in [-0.15, -0.1) is 11.6 Å². The largest absolute Gasteiger partial charge is 0.500 e. The van der Waals surface area contributed by atoms with E-state index in [4.69, 9.17) is 22.1 Å². The monoisotopic (exact) mass is 177 g/mol. The number of hydrogen-bond donors (Lipinski definition) is 1. The van der Waals surface area contributed by atoms with Gasteiger partial charge in [0.05, 0.1) is 13.2 Å². The zero-order valence-corrected chi connectivity index (χ0v) is 8.06. The van der Waals surface area contributed by atoms with E-state index in [-0.39, 0.29) is 6.04 Å². The summed E-state index contributed by atoms with van der Waals surface area (Å²) in [6, 6.07) is -0.0428. The Labute approximate surface area is 73.4 Å². The normalized spacial score (nSPS) is 15.3. The Morgan fingerprint density at radius 1 is 1.64 bits per heavy atom. The van der Waals surface area contributed by atoms with Crippen LogP contribution in [0, 0.1) is 5.92 Å². The first kappa shape index (κ1) is 10.8. The van der Waals surface area contributed by atoms with Crippen molar-refractivity contribution in [1.82, 2.24) is 0 Å². The van der Waals surface area contributed by atoms with Gasteiger partial charge >= 0.3 is 0 Å². The third-order valence-corrected chi connectivity index (χ3v) is 1.72.